The molecular weight excluding hydrogens is 374 g/mol. The Labute approximate surface area is 129 Å². The van der Waals surface area contributed by atoms with E-state index in [9.17, 15) is 4.79 Å². The summed E-state index contributed by atoms with van der Waals surface area (Å²) in [6.45, 7) is 0.927. The van der Waals surface area contributed by atoms with E-state index in [1.54, 1.807) is 0 Å². The van der Waals surface area contributed by atoms with Gasteiger partial charge in [0.2, 0.25) is 0 Å². The number of nitrogens with zero attached hydrogens (tertiary/aromatic N) is 1. The average Bonchev–Trinajstić information content (AvgIpc) is 2.36. The van der Waals surface area contributed by atoms with Gasteiger partial charge in [-0.1, -0.05) is 38.3 Å². The van der Waals surface area contributed by atoms with Gasteiger partial charge in [0.15, 0.2) is 6.61 Å². The number of alkyl halides is 1. The fraction of sp³-hybridized carbons (Fsp3) is 0.500. The predicted octanol–water partition coefficient (Wildman–Crippen LogP) is 3.74. The smallest absolute Gasteiger partial charge is 0.265 e. The van der Waals surface area contributed by atoms with Crippen LogP contribution in [-0.4, -0.2) is 24.4 Å². The Balaban J connectivity index is 1.92. The number of carbonyl (C=O) groups excluding carboxylic acids is 1. The number of carbonyl (C=O) groups is 1. The SMILES string of the molecule is O=C1COc2ccc(Br)cc2N1CC1(CBr)CCC1. The number of rotatable bonds is 3. The molecule has 2 aliphatic rings. The molecule has 1 aliphatic carbocycles. The number of anilines is 1. The van der Waals surface area contributed by atoms with E-state index in [0.29, 0.717) is 0 Å². The van der Waals surface area contributed by atoms with Gasteiger partial charge in [0.1, 0.15) is 5.75 Å². The molecule has 0 saturated heterocycles. The molecule has 5 heteroatoms. The largest absolute Gasteiger partial charge is 0.482 e. The van der Waals surface area contributed by atoms with Crippen molar-refractivity contribution in [2.45, 2.75) is 19.3 Å². The Morgan fingerprint density at radius 1 is 1.37 bits per heavy atom. The molecule has 0 spiro atoms. The molecule has 1 aromatic rings. The summed E-state index contributed by atoms with van der Waals surface area (Å²) in [5, 5.41) is 0.952. The summed E-state index contributed by atoms with van der Waals surface area (Å²) in [6, 6.07) is 5.82. The Morgan fingerprint density at radius 2 is 2.16 bits per heavy atom. The van der Waals surface area contributed by atoms with Gasteiger partial charge in [-0.15, -0.1) is 0 Å². The number of benzene rings is 1. The second kappa shape index (κ2) is 5.09. The second-order valence-electron chi connectivity index (χ2n) is 5.37. The highest BCUT2D eigenvalue weighted by Gasteiger charge is 2.40. The first-order chi connectivity index (χ1) is 9.13. The average molecular weight is 389 g/mol. The van der Waals surface area contributed by atoms with Gasteiger partial charge in [-0.05, 0) is 36.5 Å². The van der Waals surface area contributed by atoms with Crippen LogP contribution in [0, 0.1) is 5.41 Å². The van der Waals surface area contributed by atoms with Crippen molar-refractivity contribution in [3.8, 4) is 5.75 Å². The van der Waals surface area contributed by atoms with Crippen LogP contribution in [-0.2, 0) is 4.79 Å². The molecule has 0 radical (unpaired) electrons. The molecule has 0 N–H and O–H groups in total. The van der Waals surface area contributed by atoms with Crippen molar-refractivity contribution < 1.29 is 9.53 Å². The Kier molecular flexibility index (Phi) is 3.60. The number of ether oxygens (including phenoxy) is 1. The van der Waals surface area contributed by atoms with Gasteiger partial charge < -0.3 is 9.64 Å². The first-order valence-corrected chi connectivity index (χ1v) is 8.34. The predicted molar refractivity (Wildman–Crippen MR) is 82.1 cm³/mol. The molecule has 1 heterocycles. The fourth-order valence-electron chi connectivity index (χ4n) is 2.69. The van der Waals surface area contributed by atoms with Gasteiger partial charge in [-0.25, -0.2) is 0 Å². The van der Waals surface area contributed by atoms with E-state index in [-0.39, 0.29) is 17.9 Å². The molecule has 0 unspecified atom stereocenters. The molecule has 1 aromatic carbocycles. The fourth-order valence-corrected chi connectivity index (χ4v) is 3.78. The van der Waals surface area contributed by atoms with E-state index in [1.165, 1.54) is 19.3 Å². The first kappa shape index (κ1) is 13.4. The van der Waals surface area contributed by atoms with Gasteiger partial charge in [0.05, 0.1) is 5.69 Å². The highest BCUT2D eigenvalue weighted by Crippen LogP contribution is 2.45. The van der Waals surface area contributed by atoms with E-state index in [2.05, 4.69) is 31.9 Å². The van der Waals surface area contributed by atoms with Gasteiger partial charge in [0, 0.05) is 16.3 Å². The van der Waals surface area contributed by atoms with E-state index >= 15 is 0 Å². The normalized spacial score (nSPS) is 20.5. The number of amides is 1. The summed E-state index contributed by atoms with van der Waals surface area (Å²) in [4.78, 5) is 14.1. The third-order valence-electron chi connectivity index (χ3n) is 4.06. The zero-order valence-corrected chi connectivity index (χ0v) is 13.7. The lowest BCUT2D eigenvalue weighted by molar-refractivity contribution is -0.121. The quantitative estimate of drug-likeness (QED) is 0.738. The maximum atomic E-state index is 12.2. The van der Waals surface area contributed by atoms with Crippen molar-refractivity contribution in [1.82, 2.24) is 0 Å². The minimum absolute atomic E-state index is 0.0535. The molecule has 102 valence electrons. The van der Waals surface area contributed by atoms with Crippen LogP contribution in [0.2, 0.25) is 0 Å². The molecule has 1 saturated carbocycles. The summed E-state index contributed by atoms with van der Waals surface area (Å²) in [5.74, 6) is 0.852. The van der Waals surface area contributed by atoms with Crippen LogP contribution in [0.4, 0.5) is 5.69 Å². The summed E-state index contributed by atoms with van der Waals surface area (Å²) in [6.07, 6.45) is 3.63. The maximum absolute atomic E-state index is 12.2. The molecule has 0 bridgehead atoms. The summed E-state index contributed by atoms with van der Waals surface area (Å²) < 4.78 is 6.47. The van der Waals surface area contributed by atoms with Crippen LogP contribution in [0.15, 0.2) is 22.7 Å². The molecule has 1 fully saturated rings. The molecule has 0 aromatic heterocycles. The summed E-state index contributed by atoms with van der Waals surface area (Å²) in [7, 11) is 0. The van der Waals surface area contributed by atoms with Gasteiger partial charge in [-0.2, -0.15) is 0 Å². The van der Waals surface area contributed by atoms with Crippen LogP contribution in [0.5, 0.6) is 5.75 Å². The van der Waals surface area contributed by atoms with Crippen molar-refractivity contribution >= 4 is 43.5 Å². The molecule has 1 amide bonds. The summed E-state index contributed by atoms with van der Waals surface area (Å²) >= 11 is 7.07. The van der Waals surface area contributed by atoms with Gasteiger partial charge in [0.25, 0.3) is 5.91 Å². The van der Waals surface area contributed by atoms with Gasteiger partial charge in [-0.3, -0.25) is 4.79 Å². The number of hydrogen-bond donors (Lipinski definition) is 0. The van der Waals surface area contributed by atoms with E-state index in [4.69, 9.17) is 4.74 Å². The molecule has 3 nitrogen and oxygen atoms in total. The van der Waals surface area contributed by atoms with Crippen LogP contribution >= 0.6 is 31.9 Å². The van der Waals surface area contributed by atoms with E-state index in [1.807, 2.05) is 23.1 Å². The molecule has 0 atom stereocenters. The molecule has 1 aliphatic heterocycles. The molecular formula is C14H15Br2NO2. The zero-order valence-electron chi connectivity index (χ0n) is 10.5. The summed E-state index contributed by atoms with van der Waals surface area (Å²) in [5.41, 5.74) is 1.13. The van der Waals surface area contributed by atoms with E-state index in [0.717, 1.165) is 27.8 Å². The first-order valence-electron chi connectivity index (χ1n) is 6.42. The maximum Gasteiger partial charge on any atom is 0.265 e. The Morgan fingerprint density at radius 3 is 2.79 bits per heavy atom. The van der Waals surface area contributed by atoms with Gasteiger partial charge >= 0.3 is 0 Å². The third kappa shape index (κ3) is 2.42. The van der Waals surface area contributed by atoms with Crippen molar-refractivity contribution in [3.05, 3.63) is 22.7 Å². The lowest BCUT2D eigenvalue weighted by Crippen LogP contribution is -2.49. The Bertz CT molecular complexity index is 509. The molecule has 3 rings (SSSR count). The monoisotopic (exact) mass is 387 g/mol. The van der Waals surface area contributed by atoms with Crippen LogP contribution < -0.4 is 9.64 Å². The minimum Gasteiger partial charge on any atom is -0.482 e. The lowest BCUT2D eigenvalue weighted by Gasteiger charge is -2.45. The van der Waals surface area contributed by atoms with Crippen LogP contribution in [0.25, 0.3) is 0 Å². The highest BCUT2D eigenvalue weighted by molar-refractivity contribution is 9.10. The highest BCUT2D eigenvalue weighted by atomic mass is 79.9. The van der Waals surface area contributed by atoms with Crippen molar-refractivity contribution in [1.29, 1.82) is 0 Å². The van der Waals surface area contributed by atoms with Crippen LogP contribution in [0.3, 0.4) is 0 Å². The lowest BCUT2D eigenvalue weighted by atomic mass is 9.70. The third-order valence-corrected chi connectivity index (χ3v) is 5.74. The number of hydrogen-bond acceptors (Lipinski definition) is 2. The van der Waals surface area contributed by atoms with E-state index < -0.39 is 0 Å². The van der Waals surface area contributed by atoms with Crippen molar-refractivity contribution in [2.24, 2.45) is 5.41 Å². The Hall–Kier alpha value is -0.550. The number of halogens is 2. The minimum atomic E-state index is 0.0535. The second-order valence-corrected chi connectivity index (χ2v) is 6.84. The van der Waals surface area contributed by atoms with Crippen molar-refractivity contribution in [2.75, 3.05) is 23.4 Å². The zero-order chi connectivity index (χ0) is 13.5. The van der Waals surface area contributed by atoms with Crippen LogP contribution in [0.1, 0.15) is 19.3 Å². The molecule has 19 heavy (non-hydrogen) atoms. The standard InChI is InChI=1S/C14H15Br2NO2/c15-8-14(4-1-5-14)9-17-11-6-10(16)2-3-12(11)19-7-13(17)18/h2-3,6H,1,4-5,7-9H2. The van der Waals surface area contributed by atoms with Crippen molar-refractivity contribution in [3.63, 3.8) is 0 Å². The number of fused-ring (bicyclic) bond motifs is 1. The topological polar surface area (TPSA) is 29.5 Å².